The predicted molar refractivity (Wildman–Crippen MR) is 74.4 cm³/mol. The molecular formula is C13H13FN4O4. The normalized spacial score (nSPS) is 31.5. The molecular weight excluding hydrogens is 295 g/mol. The third-order valence-electron chi connectivity index (χ3n) is 3.70. The topological polar surface area (TPSA) is 126 Å². The van der Waals surface area contributed by atoms with Crippen molar-refractivity contribution in [1.29, 1.82) is 0 Å². The molecule has 3 heterocycles. The minimum atomic E-state index is -2.58. The van der Waals surface area contributed by atoms with Crippen molar-refractivity contribution in [3.8, 4) is 12.3 Å². The Balaban J connectivity index is 2.19. The van der Waals surface area contributed by atoms with Crippen LogP contribution in [0.15, 0.2) is 17.1 Å². The molecule has 116 valence electrons. The highest BCUT2D eigenvalue weighted by molar-refractivity contribution is 5.76. The molecule has 3 rings (SSSR count). The van der Waals surface area contributed by atoms with Crippen LogP contribution in [0.2, 0.25) is 0 Å². The summed E-state index contributed by atoms with van der Waals surface area (Å²) in [6, 6.07) is 1.40. The van der Waals surface area contributed by atoms with Crippen molar-refractivity contribution in [3.05, 3.63) is 22.6 Å². The van der Waals surface area contributed by atoms with Crippen LogP contribution in [0, 0.1) is 12.3 Å². The van der Waals surface area contributed by atoms with Crippen LogP contribution < -0.4 is 11.3 Å². The number of nitrogens with zero attached hydrogens (tertiary/aromatic N) is 2. The first kappa shape index (κ1) is 14.5. The lowest BCUT2D eigenvalue weighted by molar-refractivity contribution is -0.0501. The molecule has 9 heteroatoms. The van der Waals surface area contributed by atoms with Crippen LogP contribution in [0.1, 0.15) is 6.23 Å². The van der Waals surface area contributed by atoms with Gasteiger partial charge in [-0.15, -0.1) is 6.42 Å². The second-order valence-electron chi connectivity index (χ2n) is 4.98. The number of hydrogen-bond donors (Lipinski definition) is 4. The lowest BCUT2D eigenvalue weighted by Crippen LogP contribution is -2.42. The maximum atomic E-state index is 14.9. The number of aromatic amines is 1. The lowest BCUT2D eigenvalue weighted by atomic mass is 9.97. The summed E-state index contributed by atoms with van der Waals surface area (Å²) in [6.07, 6.45) is 2.20. The fourth-order valence-corrected chi connectivity index (χ4v) is 2.57. The first-order chi connectivity index (χ1) is 10.4. The molecule has 2 aromatic rings. The quantitative estimate of drug-likeness (QED) is 0.522. The molecule has 0 radical (unpaired) electrons. The number of H-pyrrole nitrogens is 1. The molecule has 0 bridgehead atoms. The van der Waals surface area contributed by atoms with Gasteiger partial charge in [0.15, 0.2) is 11.9 Å². The van der Waals surface area contributed by atoms with E-state index in [1.54, 1.807) is 0 Å². The number of terminal acetylenes is 1. The van der Waals surface area contributed by atoms with Gasteiger partial charge in [-0.3, -0.25) is 9.78 Å². The standard InChI is InChI=1S/C13H13FN4O4/c1-2-13(14)8(20)7(5-19)22-11(13)18-4-3-6-9(18)16-12(15)17-10(6)21/h1,3-4,7-8,11,19-20H,5H2,(H3,15,16,17,21)/t7?,8-,11?,13?/m0/s1. The van der Waals surface area contributed by atoms with E-state index in [1.807, 2.05) is 5.92 Å². The predicted octanol–water partition coefficient (Wildman–Crippen LogP) is -1.10. The van der Waals surface area contributed by atoms with E-state index < -0.39 is 36.3 Å². The SMILES string of the molecule is C#CC1(F)C(n2ccc3c(=O)[nH]c(N)nc32)OC(CO)[C@@H]1O. The van der Waals surface area contributed by atoms with Gasteiger partial charge in [-0.1, -0.05) is 5.92 Å². The summed E-state index contributed by atoms with van der Waals surface area (Å²) in [5.41, 5.74) is 2.47. The number of nitrogens with one attached hydrogen (secondary N) is 1. The molecule has 1 aliphatic heterocycles. The molecule has 4 atom stereocenters. The number of nitrogens with two attached hydrogens (primary N) is 1. The molecule has 2 aromatic heterocycles. The number of rotatable bonds is 2. The minimum absolute atomic E-state index is 0.0642. The number of fused-ring (bicyclic) bond motifs is 1. The van der Waals surface area contributed by atoms with Crippen molar-refractivity contribution in [2.24, 2.45) is 0 Å². The van der Waals surface area contributed by atoms with Crippen molar-refractivity contribution < 1.29 is 19.3 Å². The number of alkyl halides is 1. The number of aromatic nitrogens is 3. The molecule has 1 aliphatic rings. The average molecular weight is 308 g/mol. The molecule has 1 saturated heterocycles. The monoisotopic (exact) mass is 308 g/mol. The fourth-order valence-electron chi connectivity index (χ4n) is 2.57. The molecule has 5 N–H and O–H groups in total. The highest BCUT2D eigenvalue weighted by atomic mass is 19.1. The van der Waals surface area contributed by atoms with Crippen molar-refractivity contribution in [2.45, 2.75) is 24.1 Å². The number of ether oxygens (including phenoxy) is 1. The number of aliphatic hydroxyl groups excluding tert-OH is 2. The van der Waals surface area contributed by atoms with Crippen LogP contribution in [0.4, 0.5) is 10.3 Å². The van der Waals surface area contributed by atoms with Crippen LogP contribution in [0.5, 0.6) is 0 Å². The van der Waals surface area contributed by atoms with Gasteiger partial charge in [0.25, 0.3) is 5.56 Å². The second kappa shape index (κ2) is 4.81. The first-order valence-electron chi connectivity index (χ1n) is 6.39. The first-order valence-corrected chi connectivity index (χ1v) is 6.39. The minimum Gasteiger partial charge on any atom is -0.394 e. The molecule has 22 heavy (non-hydrogen) atoms. The van der Waals surface area contributed by atoms with Crippen molar-refractivity contribution in [1.82, 2.24) is 14.5 Å². The smallest absolute Gasteiger partial charge is 0.261 e. The summed E-state index contributed by atoms with van der Waals surface area (Å²) < 4.78 is 21.4. The maximum Gasteiger partial charge on any atom is 0.261 e. The Morgan fingerprint density at radius 1 is 1.68 bits per heavy atom. The third kappa shape index (κ3) is 1.82. The lowest BCUT2D eigenvalue weighted by Gasteiger charge is -2.24. The van der Waals surface area contributed by atoms with Crippen LogP contribution in [0.3, 0.4) is 0 Å². The largest absolute Gasteiger partial charge is 0.394 e. The van der Waals surface area contributed by atoms with E-state index in [0.29, 0.717) is 0 Å². The van der Waals surface area contributed by atoms with Crippen molar-refractivity contribution in [3.63, 3.8) is 0 Å². The maximum absolute atomic E-state index is 14.9. The van der Waals surface area contributed by atoms with Crippen LogP contribution >= 0.6 is 0 Å². The molecule has 0 saturated carbocycles. The van der Waals surface area contributed by atoms with Gasteiger partial charge in [-0.2, -0.15) is 4.98 Å². The molecule has 8 nitrogen and oxygen atoms in total. The Labute approximate surface area is 123 Å². The highest BCUT2D eigenvalue weighted by Crippen LogP contribution is 2.42. The summed E-state index contributed by atoms with van der Waals surface area (Å²) in [7, 11) is 0. The molecule has 0 aromatic carbocycles. The summed E-state index contributed by atoms with van der Waals surface area (Å²) in [6.45, 7) is -0.611. The summed E-state index contributed by atoms with van der Waals surface area (Å²) in [5.74, 6) is 1.72. The fraction of sp³-hybridized carbons (Fsp3) is 0.385. The molecule has 0 spiro atoms. The van der Waals surface area contributed by atoms with Gasteiger partial charge in [0.05, 0.1) is 12.0 Å². The van der Waals surface area contributed by atoms with Gasteiger partial charge in [-0.25, -0.2) is 4.39 Å². The Morgan fingerprint density at radius 3 is 3.05 bits per heavy atom. The number of anilines is 1. The van der Waals surface area contributed by atoms with E-state index >= 15 is 0 Å². The Kier molecular flexibility index (Phi) is 3.17. The molecule has 1 fully saturated rings. The number of hydrogen-bond acceptors (Lipinski definition) is 6. The summed E-state index contributed by atoms with van der Waals surface area (Å²) in [5, 5.41) is 19.3. The van der Waals surface area contributed by atoms with Crippen LogP contribution in [-0.4, -0.2) is 49.2 Å². The van der Waals surface area contributed by atoms with Gasteiger partial charge in [0.2, 0.25) is 11.6 Å². The van der Waals surface area contributed by atoms with Gasteiger partial charge in [-0.05, 0) is 6.07 Å². The van der Waals surface area contributed by atoms with E-state index in [0.717, 1.165) is 0 Å². The Hall–Kier alpha value is -2.41. The van der Waals surface area contributed by atoms with Crippen LogP contribution in [0.25, 0.3) is 11.0 Å². The van der Waals surface area contributed by atoms with E-state index in [2.05, 4.69) is 9.97 Å². The van der Waals surface area contributed by atoms with E-state index in [1.165, 1.54) is 16.8 Å². The van der Waals surface area contributed by atoms with E-state index in [-0.39, 0.29) is 17.0 Å². The Morgan fingerprint density at radius 2 is 2.41 bits per heavy atom. The zero-order valence-corrected chi connectivity index (χ0v) is 11.2. The van der Waals surface area contributed by atoms with Gasteiger partial charge in [0.1, 0.15) is 12.2 Å². The Bertz CT molecular complexity index is 826. The second-order valence-corrected chi connectivity index (χ2v) is 4.98. The van der Waals surface area contributed by atoms with E-state index in [9.17, 15) is 14.3 Å². The van der Waals surface area contributed by atoms with Gasteiger partial charge >= 0.3 is 0 Å². The third-order valence-corrected chi connectivity index (χ3v) is 3.70. The number of nitrogen functional groups attached to an aromatic ring is 1. The molecule has 0 amide bonds. The molecule has 0 aliphatic carbocycles. The molecule has 3 unspecified atom stereocenters. The van der Waals surface area contributed by atoms with Gasteiger partial charge in [0, 0.05) is 6.20 Å². The number of aliphatic hydroxyl groups is 2. The number of halogens is 1. The highest BCUT2D eigenvalue weighted by Gasteiger charge is 2.57. The van der Waals surface area contributed by atoms with Gasteiger partial charge < -0.3 is 25.3 Å². The zero-order valence-electron chi connectivity index (χ0n) is 11.2. The zero-order chi connectivity index (χ0) is 16.1. The van der Waals surface area contributed by atoms with E-state index in [4.69, 9.17) is 22.0 Å². The average Bonchev–Trinajstić information content (AvgIpc) is 3.00. The van der Waals surface area contributed by atoms with Crippen LogP contribution in [-0.2, 0) is 4.74 Å². The summed E-state index contributed by atoms with van der Waals surface area (Å²) in [4.78, 5) is 18.0. The summed E-state index contributed by atoms with van der Waals surface area (Å²) >= 11 is 0. The van der Waals surface area contributed by atoms with Crippen molar-refractivity contribution in [2.75, 3.05) is 12.3 Å². The van der Waals surface area contributed by atoms with Crippen molar-refractivity contribution >= 4 is 17.0 Å².